The molecule has 0 unspecified atom stereocenters. The highest BCUT2D eigenvalue weighted by Crippen LogP contribution is 2.39. The molecule has 0 bridgehead atoms. The molecule has 3 heterocycles. The molecule has 0 N–H and O–H groups in total. The minimum absolute atomic E-state index is 0.592. The third-order valence-corrected chi connectivity index (χ3v) is 10.7. The van der Waals surface area contributed by atoms with E-state index in [-0.39, 0.29) is 0 Å². The third-order valence-electron chi connectivity index (χ3n) is 10.7. The van der Waals surface area contributed by atoms with E-state index in [4.69, 9.17) is 19.4 Å². The first kappa shape index (κ1) is 31.9. The van der Waals surface area contributed by atoms with Crippen molar-refractivity contribution >= 4 is 43.7 Å². The van der Waals surface area contributed by atoms with Gasteiger partial charge in [-0.15, -0.1) is 0 Å². The van der Waals surface area contributed by atoms with Gasteiger partial charge >= 0.3 is 0 Å². The summed E-state index contributed by atoms with van der Waals surface area (Å²) in [6.07, 6.45) is 0. The molecule has 262 valence electrons. The number of rotatable bonds is 6. The predicted octanol–water partition coefficient (Wildman–Crippen LogP) is 13.2. The van der Waals surface area contributed by atoms with Gasteiger partial charge in [0.2, 0.25) is 0 Å². The lowest BCUT2D eigenvalue weighted by molar-refractivity contribution is 0.669. The minimum Gasteiger partial charge on any atom is -0.456 e. The lowest BCUT2D eigenvalue weighted by Crippen LogP contribution is -2.00. The molecule has 5 heteroatoms. The average molecular weight is 717 g/mol. The summed E-state index contributed by atoms with van der Waals surface area (Å²) in [7, 11) is 0. The van der Waals surface area contributed by atoms with Crippen LogP contribution < -0.4 is 0 Å². The van der Waals surface area contributed by atoms with Crippen LogP contribution in [0, 0.1) is 0 Å². The van der Waals surface area contributed by atoms with Crippen molar-refractivity contribution in [3.8, 4) is 62.1 Å². The molecule has 0 fully saturated rings. The Morgan fingerprint density at radius 1 is 0.304 bits per heavy atom. The van der Waals surface area contributed by atoms with Gasteiger partial charge in [-0.1, -0.05) is 152 Å². The molecule has 8 aromatic carbocycles. The highest BCUT2D eigenvalue weighted by Gasteiger charge is 2.18. The van der Waals surface area contributed by atoms with E-state index in [0.717, 1.165) is 55.3 Å². The van der Waals surface area contributed by atoms with Crippen LogP contribution in [0.1, 0.15) is 0 Å². The van der Waals surface area contributed by atoms with Gasteiger partial charge in [0.05, 0.1) is 11.0 Å². The summed E-state index contributed by atoms with van der Waals surface area (Å²) in [6, 6.07) is 67.7. The van der Waals surface area contributed by atoms with Gasteiger partial charge in [0.25, 0.3) is 0 Å². The van der Waals surface area contributed by atoms with Crippen molar-refractivity contribution in [3.05, 3.63) is 194 Å². The topological polar surface area (TPSA) is 56.7 Å². The molecule has 0 amide bonds. The van der Waals surface area contributed by atoms with E-state index in [1.54, 1.807) is 0 Å². The Morgan fingerprint density at radius 3 is 1.27 bits per heavy atom. The molecule has 0 aliphatic rings. The summed E-state index contributed by atoms with van der Waals surface area (Å²) in [5.41, 5.74) is 12.4. The van der Waals surface area contributed by atoms with E-state index in [1.807, 2.05) is 66.7 Å². The van der Waals surface area contributed by atoms with Crippen LogP contribution >= 0.6 is 0 Å². The quantitative estimate of drug-likeness (QED) is 0.172. The molecular weight excluding hydrogens is 685 g/mol. The zero-order valence-corrected chi connectivity index (χ0v) is 30.2. The van der Waals surface area contributed by atoms with Gasteiger partial charge in [-0.05, 0) is 64.7 Å². The zero-order chi connectivity index (χ0) is 37.0. The van der Waals surface area contributed by atoms with E-state index in [9.17, 15) is 0 Å². The van der Waals surface area contributed by atoms with Crippen molar-refractivity contribution in [2.45, 2.75) is 0 Å². The van der Waals surface area contributed by atoms with E-state index in [1.165, 1.54) is 33.0 Å². The number of aromatic nitrogens is 4. The highest BCUT2D eigenvalue weighted by atomic mass is 16.3. The second-order valence-corrected chi connectivity index (χ2v) is 14.1. The van der Waals surface area contributed by atoms with Crippen molar-refractivity contribution in [1.82, 2.24) is 19.5 Å². The molecule has 0 saturated carbocycles. The largest absolute Gasteiger partial charge is 0.456 e. The Kier molecular flexibility index (Phi) is 7.42. The molecule has 0 aliphatic carbocycles. The zero-order valence-electron chi connectivity index (χ0n) is 30.2. The first-order valence-corrected chi connectivity index (χ1v) is 18.8. The lowest BCUT2D eigenvalue weighted by atomic mass is 10.0. The number of fused-ring (bicyclic) bond motifs is 6. The maximum absolute atomic E-state index is 6.57. The van der Waals surface area contributed by atoms with E-state index >= 15 is 0 Å². The van der Waals surface area contributed by atoms with Gasteiger partial charge in [0, 0.05) is 43.9 Å². The Morgan fingerprint density at radius 2 is 0.750 bits per heavy atom. The van der Waals surface area contributed by atoms with Gasteiger partial charge in [-0.3, -0.25) is 0 Å². The van der Waals surface area contributed by atoms with Crippen LogP contribution in [0.15, 0.2) is 199 Å². The lowest BCUT2D eigenvalue weighted by Gasteiger charge is -2.10. The summed E-state index contributed by atoms with van der Waals surface area (Å²) in [4.78, 5) is 14.8. The standard InChI is InChI=1S/C51H32N4O/c1-5-13-33(14-6-1)37-21-25-41-42-26-22-38(34-15-7-2-8-16-34)30-46(42)55(45(41)29-37)40-24-28-47-44(32-40)43-27-23-39(31-48(43)56-47)51-53-49(35-17-9-3-10-18-35)52-50(54-51)36-19-11-4-12-20-36/h1-32H. The fourth-order valence-corrected chi connectivity index (χ4v) is 7.90. The Bertz CT molecular complexity index is 3070. The van der Waals surface area contributed by atoms with Crippen LogP contribution in [0.3, 0.4) is 0 Å². The number of furan rings is 1. The van der Waals surface area contributed by atoms with E-state index in [2.05, 4.69) is 132 Å². The fraction of sp³-hybridized carbons (Fsp3) is 0. The minimum atomic E-state index is 0.592. The molecule has 56 heavy (non-hydrogen) atoms. The first-order chi connectivity index (χ1) is 27.7. The van der Waals surface area contributed by atoms with Gasteiger partial charge in [0.1, 0.15) is 11.2 Å². The van der Waals surface area contributed by atoms with Gasteiger partial charge in [0.15, 0.2) is 17.5 Å². The summed E-state index contributed by atoms with van der Waals surface area (Å²) < 4.78 is 8.97. The maximum atomic E-state index is 6.57. The molecular formula is C51H32N4O. The Hall–Kier alpha value is -7.63. The van der Waals surface area contributed by atoms with Crippen LogP contribution in [0.5, 0.6) is 0 Å². The number of hydrogen-bond acceptors (Lipinski definition) is 4. The van der Waals surface area contributed by atoms with Crippen molar-refractivity contribution in [1.29, 1.82) is 0 Å². The summed E-state index contributed by atoms with van der Waals surface area (Å²) in [6.45, 7) is 0. The van der Waals surface area contributed by atoms with Crippen molar-refractivity contribution in [3.63, 3.8) is 0 Å². The molecule has 0 radical (unpaired) electrons. The van der Waals surface area contributed by atoms with E-state index < -0.39 is 0 Å². The second-order valence-electron chi connectivity index (χ2n) is 14.1. The maximum Gasteiger partial charge on any atom is 0.164 e. The summed E-state index contributed by atoms with van der Waals surface area (Å²) >= 11 is 0. The van der Waals surface area contributed by atoms with Crippen LogP contribution in [0.25, 0.3) is 106 Å². The van der Waals surface area contributed by atoms with Crippen molar-refractivity contribution < 1.29 is 4.42 Å². The van der Waals surface area contributed by atoms with Gasteiger partial charge in [-0.25, -0.2) is 15.0 Å². The Balaban J connectivity index is 1.08. The first-order valence-electron chi connectivity index (χ1n) is 18.8. The van der Waals surface area contributed by atoms with Gasteiger partial charge < -0.3 is 8.98 Å². The highest BCUT2D eigenvalue weighted by molar-refractivity contribution is 6.12. The fourth-order valence-electron chi connectivity index (χ4n) is 7.90. The van der Waals surface area contributed by atoms with Crippen LogP contribution in [0.2, 0.25) is 0 Å². The van der Waals surface area contributed by atoms with Crippen LogP contribution in [-0.4, -0.2) is 19.5 Å². The number of nitrogens with zero attached hydrogens (tertiary/aromatic N) is 4. The van der Waals surface area contributed by atoms with Crippen molar-refractivity contribution in [2.75, 3.05) is 0 Å². The van der Waals surface area contributed by atoms with Crippen LogP contribution in [0.4, 0.5) is 0 Å². The normalized spacial score (nSPS) is 11.6. The SMILES string of the molecule is c1ccc(-c2ccc3c4ccc(-c5ccccc5)cc4n(-c4ccc5oc6cc(-c7nc(-c8ccccc8)nc(-c8ccccc8)n7)ccc6c5c4)c3c2)cc1. The molecule has 0 spiro atoms. The molecule has 11 rings (SSSR count). The summed E-state index contributed by atoms with van der Waals surface area (Å²) in [5.74, 6) is 1.84. The molecule has 0 aliphatic heterocycles. The molecule has 11 aromatic rings. The van der Waals surface area contributed by atoms with E-state index in [0.29, 0.717) is 17.5 Å². The third kappa shape index (κ3) is 5.45. The summed E-state index contributed by atoms with van der Waals surface area (Å²) in [5, 5.41) is 4.50. The predicted molar refractivity (Wildman–Crippen MR) is 229 cm³/mol. The average Bonchev–Trinajstić information content (AvgIpc) is 3.81. The Labute approximate surface area is 322 Å². The molecule has 0 saturated heterocycles. The second kappa shape index (κ2) is 13.0. The number of benzene rings is 8. The molecule has 3 aromatic heterocycles. The molecule has 0 atom stereocenters. The van der Waals surface area contributed by atoms with Crippen LogP contribution in [-0.2, 0) is 0 Å². The monoisotopic (exact) mass is 716 g/mol. The number of hydrogen-bond donors (Lipinski definition) is 0. The van der Waals surface area contributed by atoms with Crippen molar-refractivity contribution in [2.24, 2.45) is 0 Å². The smallest absolute Gasteiger partial charge is 0.164 e. The molecule has 5 nitrogen and oxygen atoms in total. The van der Waals surface area contributed by atoms with Gasteiger partial charge in [-0.2, -0.15) is 0 Å².